The van der Waals surface area contributed by atoms with Crippen molar-refractivity contribution in [1.82, 2.24) is 14.7 Å². The molecule has 118 valence electrons. The second-order valence-electron chi connectivity index (χ2n) is 5.50. The summed E-state index contributed by atoms with van der Waals surface area (Å²) in [7, 11) is 3.00. The summed E-state index contributed by atoms with van der Waals surface area (Å²) >= 11 is 0. The van der Waals surface area contributed by atoms with Gasteiger partial charge in [0.15, 0.2) is 11.6 Å². The van der Waals surface area contributed by atoms with Gasteiger partial charge in [-0.3, -0.25) is 4.40 Å². The summed E-state index contributed by atoms with van der Waals surface area (Å²) in [5.74, 6) is 1.38. The first kappa shape index (κ1) is 14.8. The summed E-state index contributed by atoms with van der Waals surface area (Å²) in [5.41, 5.74) is 1.08. The molecule has 1 unspecified atom stereocenters. The smallest absolute Gasteiger partial charge is 0.358 e. The van der Waals surface area contributed by atoms with E-state index in [1.807, 2.05) is 22.6 Å². The van der Waals surface area contributed by atoms with Crippen LogP contribution in [-0.4, -0.2) is 42.7 Å². The normalized spacial score (nSPS) is 18.9. The summed E-state index contributed by atoms with van der Waals surface area (Å²) < 4.78 is 12.3. The fraction of sp³-hybridized carbons (Fsp3) is 0.500. The lowest BCUT2D eigenvalue weighted by atomic mass is 10.0. The molecule has 1 saturated heterocycles. The number of nitrogens with one attached hydrogen (secondary N) is 1. The Labute approximate surface area is 129 Å². The number of hydrogen-bond donors (Lipinski definition) is 1. The highest BCUT2D eigenvalue weighted by Gasteiger charge is 2.25. The van der Waals surface area contributed by atoms with Crippen molar-refractivity contribution in [2.75, 3.05) is 27.3 Å². The molecule has 1 N–H and O–H groups in total. The molecule has 1 aliphatic heterocycles. The van der Waals surface area contributed by atoms with Gasteiger partial charge in [0.05, 0.1) is 19.7 Å². The highest BCUT2D eigenvalue weighted by Crippen LogP contribution is 2.29. The number of pyridine rings is 1. The molecule has 0 bridgehead atoms. The fourth-order valence-electron chi connectivity index (χ4n) is 3.05. The minimum atomic E-state index is -0.418. The Balaban J connectivity index is 2.17. The third-order valence-electron chi connectivity index (χ3n) is 4.15. The number of fused-ring (bicyclic) bond motifs is 1. The molecule has 2 aromatic rings. The number of carbonyl (C=O) groups excluding carboxylic acids is 1. The monoisotopic (exact) mass is 303 g/mol. The molecule has 0 spiro atoms. The molecule has 0 amide bonds. The molecular formula is C16H21N3O3. The van der Waals surface area contributed by atoms with Gasteiger partial charge in [-0.2, -0.15) is 0 Å². The SMILES string of the molecule is COC(=O)c1nc(C2CCCCNC2)n2c(OC)cccc12. The Morgan fingerprint density at radius 2 is 2.23 bits per heavy atom. The van der Waals surface area contributed by atoms with E-state index >= 15 is 0 Å². The van der Waals surface area contributed by atoms with Crippen LogP contribution >= 0.6 is 0 Å². The van der Waals surface area contributed by atoms with E-state index in [1.54, 1.807) is 7.11 Å². The van der Waals surface area contributed by atoms with Crippen molar-refractivity contribution in [3.05, 3.63) is 29.7 Å². The number of hydrogen-bond acceptors (Lipinski definition) is 5. The Bertz CT molecular complexity index is 673. The van der Waals surface area contributed by atoms with Crippen LogP contribution in [0, 0.1) is 0 Å². The van der Waals surface area contributed by atoms with E-state index in [9.17, 15) is 4.79 Å². The number of aromatic nitrogens is 2. The molecule has 2 aromatic heterocycles. The van der Waals surface area contributed by atoms with E-state index in [2.05, 4.69) is 10.3 Å². The number of methoxy groups -OCH3 is 2. The number of nitrogens with zero attached hydrogens (tertiary/aromatic N) is 2. The Morgan fingerprint density at radius 1 is 1.36 bits per heavy atom. The Hall–Kier alpha value is -2.08. The first-order valence-corrected chi connectivity index (χ1v) is 7.60. The van der Waals surface area contributed by atoms with Crippen LogP contribution in [0.3, 0.4) is 0 Å². The van der Waals surface area contributed by atoms with Crippen LogP contribution in [0.2, 0.25) is 0 Å². The number of imidazole rings is 1. The summed E-state index contributed by atoms with van der Waals surface area (Å²) in [6, 6.07) is 5.61. The lowest BCUT2D eigenvalue weighted by Gasteiger charge is -2.14. The molecule has 0 saturated carbocycles. The van der Waals surface area contributed by atoms with Crippen molar-refractivity contribution in [2.24, 2.45) is 0 Å². The van der Waals surface area contributed by atoms with E-state index in [1.165, 1.54) is 13.5 Å². The molecule has 0 radical (unpaired) electrons. The quantitative estimate of drug-likeness (QED) is 0.879. The average Bonchev–Trinajstić information content (AvgIpc) is 2.75. The van der Waals surface area contributed by atoms with Crippen molar-refractivity contribution in [1.29, 1.82) is 0 Å². The van der Waals surface area contributed by atoms with Crippen molar-refractivity contribution in [2.45, 2.75) is 25.2 Å². The van der Waals surface area contributed by atoms with Crippen LogP contribution in [0.15, 0.2) is 18.2 Å². The molecule has 3 heterocycles. The molecule has 6 heteroatoms. The van der Waals surface area contributed by atoms with Gasteiger partial charge < -0.3 is 14.8 Å². The maximum Gasteiger partial charge on any atom is 0.358 e. The lowest BCUT2D eigenvalue weighted by molar-refractivity contribution is 0.0596. The van der Waals surface area contributed by atoms with E-state index in [4.69, 9.17) is 9.47 Å². The standard InChI is InChI=1S/C16H21N3O3/c1-21-13-8-5-7-12-14(16(20)22-2)18-15(19(12)13)11-6-3-4-9-17-10-11/h5,7-8,11,17H,3-4,6,9-10H2,1-2H3. The summed E-state index contributed by atoms with van der Waals surface area (Å²) in [6.45, 7) is 1.89. The van der Waals surface area contributed by atoms with Gasteiger partial charge in [0.1, 0.15) is 5.82 Å². The lowest BCUT2D eigenvalue weighted by Crippen LogP contribution is -2.21. The first-order valence-electron chi connectivity index (χ1n) is 7.60. The second kappa shape index (κ2) is 6.36. The molecule has 1 fully saturated rings. The molecule has 22 heavy (non-hydrogen) atoms. The van der Waals surface area contributed by atoms with Gasteiger partial charge >= 0.3 is 5.97 Å². The molecule has 1 aliphatic rings. The molecule has 3 rings (SSSR count). The highest BCUT2D eigenvalue weighted by molar-refractivity contribution is 5.95. The summed E-state index contributed by atoms with van der Waals surface area (Å²) in [4.78, 5) is 16.6. The topological polar surface area (TPSA) is 64.9 Å². The zero-order chi connectivity index (χ0) is 15.5. The first-order chi connectivity index (χ1) is 10.8. The van der Waals surface area contributed by atoms with Crippen molar-refractivity contribution in [3.8, 4) is 5.88 Å². The van der Waals surface area contributed by atoms with Gasteiger partial charge in [-0.05, 0) is 31.5 Å². The number of carbonyl (C=O) groups is 1. The van der Waals surface area contributed by atoms with E-state index in [0.717, 1.165) is 37.3 Å². The van der Waals surface area contributed by atoms with Gasteiger partial charge in [0.2, 0.25) is 0 Å². The molecular weight excluding hydrogens is 282 g/mol. The van der Waals surface area contributed by atoms with Gasteiger partial charge in [-0.25, -0.2) is 9.78 Å². The number of esters is 1. The molecule has 0 aromatic carbocycles. The van der Waals surface area contributed by atoms with Crippen LogP contribution < -0.4 is 10.1 Å². The molecule has 1 atom stereocenters. The van der Waals surface area contributed by atoms with E-state index in [0.29, 0.717) is 11.6 Å². The van der Waals surface area contributed by atoms with Crippen LogP contribution in [-0.2, 0) is 4.74 Å². The third-order valence-corrected chi connectivity index (χ3v) is 4.15. The van der Waals surface area contributed by atoms with Crippen molar-refractivity contribution >= 4 is 11.5 Å². The predicted octanol–water partition coefficient (Wildman–Crippen LogP) is 1.99. The van der Waals surface area contributed by atoms with Crippen LogP contribution in [0.5, 0.6) is 5.88 Å². The van der Waals surface area contributed by atoms with Gasteiger partial charge in [0.25, 0.3) is 0 Å². The Morgan fingerprint density at radius 3 is 3.00 bits per heavy atom. The maximum atomic E-state index is 12.0. The van der Waals surface area contributed by atoms with Crippen molar-refractivity contribution in [3.63, 3.8) is 0 Å². The molecule has 6 nitrogen and oxygen atoms in total. The largest absolute Gasteiger partial charge is 0.482 e. The Kier molecular flexibility index (Phi) is 4.29. The number of ether oxygens (including phenoxy) is 2. The predicted molar refractivity (Wildman–Crippen MR) is 82.5 cm³/mol. The van der Waals surface area contributed by atoms with Gasteiger partial charge in [0, 0.05) is 12.5 Å². The highest BCUT2D eigenvalue weighted by atomic mass is 16.5. The third kappa shape index (κ3) is 2.54. The van der Waals surface area contributed by atoms with Crippen molar-refractivity contribution < 1.29 is 14.3 Å². The minimum absolute atomic E-state index is 0.254. The summed E-state index contributed by atoms with van der Waals surface area (Å²) in [6.07, 6.45) is 3.36. The maximum absolute atomic E-state index is 12.0. The average molecular weight is 303 g/mol. The zero-order valence-corrected chi connectivity index (χ0v) is 13.0. The molecule has 0 aliphatic carbocycles. The zero-order valence-electron chi connectivity index (χ0n) is 13.0. The minimum Gasteiger partial charge on any atom is -0.482 e. The van der Waals surface area contributed by atoms with Crippen LogP contribution in [0.25, 0.3) is 5.52 Å². The number of rotatable bonds is 3. The van der Waals surface area contributed by atoms with Crippen LogP contribution in [0.1, 0.15) is 41.5 Å². The van der Waals surface area contributed by atoms with E-state index < -0.39 is 5.97 Å². The van der Waals surface area contributed by atoms with Gasteiger partial charge in [-0.1, -0.05) is 12.5 Å². The van der Waals surface area contributed by atoms with E-state index in [-0.39, 0.29) is 5.92 Å². The summed E-state index contributed by atoms with van der Waals surface area (Å²) in [5, 5.41) is 3.44. The second-order valence-corrected chi connectivity index (χ2v) is 5.50. The van der Waals surface area contributed by atoms with Crippen LogP contribution in [0.4, 0.5) is 0 Å². The fourth-order valence-corrected chi connectivity index (χ4v) is 3.05. The van der Waals surface area contributed by atoms with Gasteiger partial charge in [-0.15, -0.1) is 0 Å².